The molecule has 0 radical (unpaired) electrons. The van der Waals surface area contributed by atoms with E-state index in [1.807, 2.05) is 19.9 Å². The first kappa shape index (κ1) is 52.7. The van der Waals surface area contributed by atoms with E-state index in [1.54, 1.807) is 11.3 Å². The highest BCUT2D eigenvalue weighted by Crippen LogP contribution is 2.36. The lowest BCUT2D eigenvalue weighted by Crippen LogP contribution is -2.36. The van der Waals surface area contributed by atoms with Gasteiger partial charge in [-0.3, -0.25) is 14.4 Å². The number of aryl methyl sites for hydroxylation is 1. The van der Waals surface area contributed by atoms with Crippen molar-refractivity contribution >= 4 is 40.8 Å². The second kappa shape index (κ2) is 33.9. The Morgan fingerprint density at radius 1 is 0.836 bits per heavy atom. The van der Waals surface area contributed by atoms with Crippen LogP contribution in [-0.2, 0) is 63.5 Å². The zero-order chi connectivity index (χ0) is 43.8. The van der Waals surface area contributed by atoms with Crippen LogP contribution < -0.4 is 5.73 Å². The number of aliphatic carboxylic acids is 1. The van der Waals surface area contributed by atoms with Crippen molar-refractivity contribution in [3.05, 3.63) is 21.4 Å². The van der Waals surface area contributed by atoms with Crippen molar-refractivity contribution in [3.8, 4) is 0 Å². The third kappa shape index (κ3) is 24.1. The van der Waals surface area contributed by atoms with Crippen LogP contribution in [0.5, 0.6) is 0 Å². The summed E-state index contributed by atoms with van der Waals surface area (Å²) in [5.41, 5.74) is 7.68. The van der Waals surface area contributed by atoms with Gasteiger partial charge in [0.1, 0.15) is 5.84 Å². The molecule has 19 heteroatoms. The number of carboxylic acid groups (broad SMARTS) is 1. The molecule has 1 fully saturated rings. The van der Waals surface area contributed by atoms with Crippen LogP contribution in [0.3, 0.4) is 0 Å². The first-order chi connectivity index (χ1) is 29.8. The number of amidine groups is 1. The molecule has 18 nitrogen and oxygen atoms in total. The van der Waals surface area contributed by atoms with Gasteiger partial charge in [-0.1, -0.05) is 6.92 Å². The highest BCUT2D eigenvalue weighted by atomic mass is 32.1. The maximum atomic E-state index is 13.2. The van der Waals surface area contributed by atoms with Gasteiger partial charge in [0.05, 0.1) is 136 Å². The number of nitrogens with zero attached hydrogens (tertiary/aromatic N) is 3. The van der Waals surface area contributed by atoms with Gasteiger partial charge in [-0.15, -0.1) is 11.3 Å². The molecule has 0 aliphatic carbocycles. The second-order valence-corrected chi connectivity index (χ2v) is 15.5. The first-order valence-corrected chi connectivity index (χ1v) is 22.6. The van der Waals surface area contributed by atoms with Gasteiger partial charge in [0.15, 0.2) is 6.29 Å². The molecule has 3 heterocycles. The van der Waals surface area contributed by atoms with Crippen LogP contribution in [0.2, 0.25) is 0 Å². The summed E-state index contributed by atoms with van der Waals surface area (Å²) >= 11 is 1.70. The number of carboxylic acids is 1. The standard InChI is InChI=1S/C42H72N4O14S/c1-3-10-46(60-4-2)42(50)35-30-38-37(44-39(43)31-35)32-36(61-38)6-5-34-7-11-45(12-8-34)13-15-52-26-28-58-41(33-47)59-29-27-57-25-24-56-23-22-55-21-20-54-19-18-53-17-16-51-14-9-40(48)49/h30,32,34,41,47H,3-29,31,33H2,1-2H3,(H2,43,44)(H,48,49). The molecule has 350 valence electrons. The number of rotatable bonds is 38. The number of piperidine rings is 1. The van der Waals surface area contributed by atoms with Crippen LogP contribution in [-0.4, -0.2) is 189 Å². The highest BCUT2D eigenvalue weighted by molar-refractivity contribution is 7.13. The number of aliphatic imine (C=N–C) groups is 1. The fourth-order valence-electron chi connectivity index (χ4n) is 6.37. The monoisotopic (exact) mass is 888 g/mol. The van der Waals surface area contributed by atoms with E-state index in [-0.39, 0.29) is 32.1 Å². The van der Waals surface area contributed by atoms with Crippen molar-refractivity contribution in [2.24, 2.45) is 16.6 Å². The van der Waals surface area contributed by atoms with Gasteiger partial charge >= 0.3 is 5.97 Å². The third-order valence-corrected chi connectivity index (χ3v) is 10.7. The molecule has 1 atom stereocenters. The molecule has 3 rings (SSSR count). The van der Waals surface area contributed by atoms with E-state index in [1.165, 1.54) is 9.94 Å². The fourth-order valence-corrected chi connectivity index (χ4v) is 7.46. The van der Waals surface area contributed by atoms with E-state index in [0.717, 1.165) is 62.3 Å². The van der Waals surface area contributed by atoms with Crippen LogP contribution in [0.25, 0.3) is 6.08 Å². The molecule has 1 saturated heterocycles. The van der Waals surface area contributed by atoms with Crippen LogP contribution in [0, 0.1) is 5.92 Å². The summed E-state index contributed by atoms with van der Waals surface area (Å²) in [7, 11) is 0. The van der Waals surface area contributed by atoms with E-state index in [2.05, 4.69) is 16.0 Å². The molecule has 61 heavy (non-hydrogen) atoms. The lowest BCUT2D eigenvalue weighted by atomic mass is 9.92. The Bertz CT molecular complexity index is 1370. The molecule has 0 saturated carbocycles. The molecule has 0 aromatic carbocycles. The van der Waals surface area contributed by atoms with E-state index < -0.39 is 12.3 Å². The summed E-state index contributed by atoms with van der Waals surface area (Å²) in [5, 5.41) is 19.6. The molecule has 0 bridgehead atoms. The largest absolute Gasteiger partial charge is 0.481 e. The van der Waals surface area contributed by atoms with E-state index in [0.29, 0.717) is 129 Å². The smallest absolute Gasteiger partial charge is 0.305 e. The number of hydrogen-bond donors (Lipinski definition) is 3. The Morgan fingerprint density at radius 2 is 1.38 bits per heavy atom. The van der Waals surface area contributed by atoms with Crippen molar-refractivity contribution < 1.29 is 67.3 Å². The molecule has 2 aliphatic heterocycles. The zero-order valence-corrected chi connectivity index (χ0v) is 37.3. The van der Waals surface area contributed by atoms with Gasteiger partial charge < -0.3 is 63.5 Å². The number of hydrogen-bond acceptors (Lipinski definition) is 17. The van der Waals surface area contributed by atoms with E-state index >= 15 is 0 Å². The Hall–Kier alpha value is -2.63. The van der Waals surface area contributed by atoms with Crippen molar-refractivity contribution in [1.29, 1.82) is 0 Å². The SMILES string of the molecule is CCCN(OCC)C(=O)C1=Cc2sc(CCC3CCN(CCOCCOC(CO)OCCOCCOCCOCCOCCOCCOCCC(=O)O)CC3)cc2N=C(N)C1. The van der Waals surface area contributed by atoms with Crippen molar-refractivity contribution in [1.82, 2.24) is 9.96 Å². The number of thiophene rings is 1. The maximum Gasteiger partial charge on any atom is 0.305 e. The number of aliphatic hydroxyl groups excluding tert-OH is 1. The van der Waals surface area contributed by atoms with Crippen molar-refractivity contribution in [3.63, 3.8) is 0 Å². The second-order valence-electron chi connectivity index (χ2n) is 14.3. The number of nitrogens with two attached hydrogens (primary N) is 1. The van der Waals surface area contributed by atoms with Gasteiger partial charge in [-0.05, 0) is 70.2 Å². The number of carbonyl (C=O) groups is 2. The highest BCUT2D eigenvalue weighted by Gasteiger charge is 2.24. The predicted molar refractivity (Wildman–Crippen MR) is 230 cm³/mol. The normalized spacial score (nSPS) is 15.3. The van der Waals surface area contributed by atoms with Gasteiger partial charge in [0.25, 0.3) is 5.91 Å². The van der Waals surface area contributed by atoms with Crippen molar-refractivity contribution in [2.45, 2.75) is 65.1 Å². The molecular weight excluding hydrogens is 817 g/mol. The predicted octanol–water partition coefficient (Wildman–Crippen LogP) is 3.30. The summed E-state index contributed by atoms with van der Waals surface area (Å²) in [6, 6.07) is 2.13. The van der Waals surface area contributed by atoms with Gasteiger partial charge in [0.2, 0.25) is 0 Å². The lowest BCUT2D eigenvalue weighted by Gasteiger charge is -2.31. The van der Waals surface area contributed by atoms with Gasteiger partial charge in [-0.2, -0.15) is 0 Å². The minimum Gasteiger partial charge on any atom is -0.481 e. The first-order valence-electron chi connectivity index (χ1n) is 21.8. The van der Waals surface area contributed by atoms with E-state index in [9.17, 15) is 14.7 Å². The summed E-state index contributed by atoms with van der Waals surface area (Å²) in [5.74, 6) is 0.0760. The topological polar surface area (TPSA) is 212 Å². The number of hydroxylamine groups is 2. The Balaban J connectivity index is 1.11. The van der Waals surface area contributed by atoms with E-state index in [4.69, 9.17) is 58.3 Å². The van der Waals surface area contributed by atoms with Crippen LogP contribution in [0.4, 0.5) is 5.69 Å². The number of likely N-dealkylation sites (tertiary alicyclic amines) is 1. The number of ether oxygens (including phenoxy) is 9. The van der Waals surface area contributed by atoms with Crippen LogP contribution >= 0.6 is 11.3 Å². The molecule has 0 spiro atoms. The molecule has 2 aliphatic rings. The molecule has 4 N–H and O–H groups in total. The summed E-state index contributed by atoms with van der Waals surface area (Å²) in [6.45, 7) is 14.0. The van der Waals surface area contributed by atoms with Crippen LogP contribution in [0.1, 0.15) is 62.1 Å². The maximum absolute atomic E-state index is 13.2. The number of aliphatic hydroxyl groups is 1. The minimum atomic E-state index is -0.882. The number of carbonyl (C=O) groups excluding carboxylic acids is 1. The average Bonchev–Trinajstić information content (AvgIpc) is 3.55. The molecule has 1 amide bonds. The number of amides is 1. The molecule has 1 aromatic rings. The van der Waals surface area contributed by atoms with Gasteiger partial charge in [0, 0.05) is 30.0 Å². The Kier molecular flexibility index (Phi) is 29.3. The molecule has 1 unspecified atom stereocenters. The summed E-state index contributed by atoms with van der Waals surface area (Å²) < 4.78 is 49.3. The van der Waals surface area contributed by atoms with Gasteiger partial charge in [-0.25, -0.2) is 10.1 Å². The van der Waals surface area contributed by atoms with Crippen molar-refractivity contribution in [2.75, 3.05) is 145 Å². The quantitative estimate of drug-likeness (QED) is 0.0494. The summed E-state index contributed by atoms with van der Waals surface area (Å²) in [4.78, 5) is 38.5. The fraction of sp³-hybridized carbons (Fsp3) is 0.786. The Morgan fingerprint density at radius 3 is 1.90 bits per heavy atom. The molecule has 1 aromatic heterocycles. The number of fused-ring (bicyclic) bond motifs is 1. The third-order valence-electron chi connectivity index (χ3n) is 9.54. The Labute approximate surface area is 365 Å². The minimum absolute atomic E-state index is 0.0129. The lowest BCUT2D eigenvalue weighted by molar-refractivity contribution is -0.180. The van der Waals surface area contributed by atoms with Crippen LogP contribution in [0.15, 0.2) is 16.6 Å². The average molecular weight is 889 g/mol. The molecular formula is C42H72N4O14S. The zero-order valence-electron chi connectivity index (χ0n) is 36.4. The summed E-state index contributed by atoms with van der Waals surface area (Å²) in [6.07, 6.45) is 6.72.